The fraction of sp³-hybridized carbons (Fsp3) is 0.182. The van der Waals surface area contributed by atoms with E-state index in [1.807, 2.05) is 0 Å². The zero-order valence-corrected chi connectivity index (χ0v) is 9.22. The van der Waals surface area contributed by atoms with E-state index >= 15 is 0 Å². The first-order chi connectivity index (χ1) is 7.56. The van der Waals surface area contributed by atoms with Crippen LogP contribution in [0.4, 0.5) is 8.78 Å². The average molecular weight is 247 g/mol. The maximum atomic E-state index is 13.2. The molecule has 0 fully saturated rings. The number of Topliss-reactive ketones (excluding diaryl/α,β-unsaturated/α-hetero) is 1. The zero-order valence-electron chi connectivity index (χ0n) is 8.47. The second-order valence-electron chi connectivity index (χ2n) is 2.87. The lowest BCUT2D eigenvalue weighted by Gasteiger charge is -2.01. The van der Waals surface area contributed by atoms with Crippen molar-refractivity contribution in [1.29, 1.82) is 0 Å². The third kappa shape index (κ3) is 3.03. The third-order valence-corrected chi connectivity index (χ3v) is 2.01. The van der Waals surface area contributed by atoms with E-state index < -0.39 is 17.4 Å². The molecule has 0 unspecified atom stereocenters. The highest BCUT2D eigenvalue weighted by atomic mass is 35.5. The number of hydrogen-bond acceptors (Lipinski definition) is 2. The molecule has 86 valence electrons. The minimum Gasteiger partial charge on any atom is -0.500 e. The average Bonchev–Trinajstić information content (AvgIpc) is 2.25. The van der Waals surface area contributed by atoms with Crippen molar-refractivity contribution in [2.75, 3.05) is 6.61 Å². The van der Waals surface area contributed by atoms with Crippen LogP contribution in [0.15, 0.2) is 29.5 Å². The number of allylic oxidation sites excluding steroid dienone is 1. The minimum absolute atomic E-state index is 0.257. The molecular formula is C11H9ClF2O2. The van der Waals surface area contributed by atoms with Crippen molar-refractivity contribution < 1.29 is 18.3 Å². The van der Waals surface area contributed by atoms with Gasteiger partial charge in [-0.3, -0.25) is 4.79 Å². The molecule has 0 amide bonds. The molecule has 1 aromatic carbocycles. The van der Waals surface area contributed by atoms with Crippen LogP contribution >= 0.6 is 11.6 Å². The summed E-state index contributed by atoms with van der Waals surface area (Å²) in [6.45, 7) is 2.05. The van der Waals surface area contributed by atoms with Crippen LogP contribution < -0.4 is 0 Å². The molecule has 0 N–H and O–H groups in total. The third-order valence-electron chi connectivity index (χ3n) is 1.75. The van der Waals surface area contributed by atoms with Crippen molar-refractivity contribution in [1.82, 2.24) is 0 Å². The van der Waals surface area contributed by atoms with Crippen molar-refractivity contribution in [3.63, 3.8) is 0 Å². The summed E-state index contributed by atoms with van der Waals surface area (Å²) in [6, 6.07) is 2.65. The Balaban J connectivity index is 2.96. The molecule has 0 aliphatic rings. The smallest absolute Gasteiger partial charge is 0.210 e. The second kappa shape index (κ2) is 5.61. The molecule has 0 bridgehead atoms. The van der Waals surface area contributed by atoms with Gasteiger partial charge in [-0.25, -0.2) is 8.78 Å². The fourth-order valence-electron chi connectivity index (χ4n) is 1.01. The second-order valence-corrected chi connectivity index (χ2v) is 3.28. The SMILES string of the molecule is CCO/C=C(\Cl)C(=O)c1ccc(F)cc1F. The van der Waals surface area contributed by atoms with Crippen molar-refractivity contribution in [3.05, 3.63) is 46.7 Å². The molecule has 1 rings (SSSR count). The van der Waals surface area contributed by atoms with Crippen LogP contribution in [0.5, 0.6) is 0 Å². The van der Waals surface area contributed by atoms with E-state index in [1.54, 1.807) is 6.92 Å². The summed E-state index contributed by atoms with van der Waals surface area (Å²) >= 11 is 5.58. The summed E-state index contributed by atoms with van der Waals surface area (Å²) in [5.74, 6) is -2.44. The number of benzene rings is 1. The van der Waals surface area contributed by atoms with E-state index in [-0.39, 0.29) is 10.6 Å². The van der Waals surface area contributed by atoms with Gasteiger partial charge in [0.1, 0.15) is 22.9 Å². The fourth-order valence-corrected chi connectivity index (χ4v) is 1.18. The molecule has 16 heavy (non-hydrogen) atoms. The normalized spacial score (nSPS) is 11.4. The predicted molar refractivity (Wildman–Crippen MR) is 56.3 cm³/mol. The molecule has 0 radical (unpaired) electrons. The summed E-state index contributed by atoms with van der Waals surface area (Å²) < 4.78 is 30.6. The molecule has 0 aliphatic heterocycles. The van der Waals surface area contributed by atoms with Gasteiger partial charge >= 0.3 is 0 Å². The Morgan fingerprint density at radius 3 is 2.75 bits per heavy atom. The van der Waals surface area contributed by atoms with Crippen LogP contribution in [-0.2, 0) is 4.74 Å². The molecule has 0 atom stereocenters. The number of ether oxygens (including phenoxy) is 1. The van der Waals surface area contributed by atoms with Crippen LogP contribution in [0.25, 0.3) is 0 Å². The van der Waals surface area contributed by atoms with Gasteiger partial charge in [-0.05, 0) is 19.1 Å². The number of hydrogen-bond donors (Lipinski definition) is 0. The monoisotopic (exact) mass is 246 g/mol. The van der Waals surface area contributed by atoms with Gasteiger partial charge in [-0.2, -0.15) is 0 Å². The molecule has 0 saturated heterocycles. The van der Waals surface area contributed by atoms with Gasteiger partial charge in [-0.15, -0.1) is 0 Å². The summed E-state index contributed by atoms with van der Waals surface area (Å²) in [5, 5.41) is -0.257. The van der Waals surface area contributed by atoms with Gasteiger partial charge < -0.3 is 4.74 Å². The van der Waals surface area contributed by atoms with Crippen LogP contribution in [0.2, 0.25) is 0 Å². The van der Waals surface area contributed by atoms with Gasteiger partial charge in [0.05, 0.1) is 12.2 Å². The first-order valence-corrected chi connectivity index (χ1v) is 4.91. The van der Waals surface area contributed by atoms with Gasteiger partial charge in [0.25, 0.3) is 0 Å². The highest BCUT2D eigenvalue weighted by Gasteiger charge is 2.15. The Kier molecular flexibility index (Phi) is 4.43. The Bertz CT molecular complexity index is 430. The van der Waals surface area contributed by atoms with E-state index in [4.69, 9.17) is 16.3 Å². The lowest BCUT2D eigenvalue weighted by molar-refractivity contribution is 0.103. The van der Waals surface area contributed by atoms with Crippen LogP contribution in [-0.4, -0.2) is 12.4 Å². The summed E-state index contributed by atoms with van der Waals surface area (Å²) in [5.41, 5.74) is -0.289. The molecule has 0 aliphatic carbocycles. The Hall–Kier alpha value is -1.42. The standard InChI is InChI=1S/C11H9ClF2O2/c1-2-16-6-9(12)11(15)8-4-3-7(13)5-10(8)14/h3-6H,2H2,1H3/b9-6-. The summed E-state index contributed by atoms with van der Waals surface area (Å²) in [6.07, 6.45) is 1.03. The van der Waals surface area contributed by atoms with Gasteiger partial charge in [0.15, 0.2) is 0 Å². The van der Waals surface area contributed by atoms with E-state index in [9.17, 15) is 13.6 Å². The molecule has 0 aromatic heterocycles. The Labute approximate surface area is 96.5 Å². The van der Waals surface area contributed by atoms with Crippen molar-refractivity contribution >= 4 is 17.4 Å². The topological polar surface area (TPSA) is 26.3 Å². The predicted octanol–water partition coefficient (Wildman–Crippen LogP) is 3.26. The number of carbonyl (C=O) groups excluding carboxylic acids is 1. The van der Waals surface area contributed by atoms with Crippen LogP contribution in [0.1, 0.15) is 17.3 Å². The van der Waals surface area contributed by atoms with Crippen LogP contribution in [0.3, 0.4) is 0 Å². The molecular weight excluding hydrogens is 238 g/mol. The summed E-state index contributed by atoms with van der Waals surface area (Å²) in [4.78, 5) is 11.5. The van der Waals surface area contributed by atoms with Crippen molar-refractivity contribution in [2.24, 2.45) is 0 Å². The van der Waals surface area contributed by atoms with Gasteiger partial charge in [0, 0.05) is 6.07 Å². The van der Waals surface area contributed by atoms with E-state index in [2.05, 4.69) is 0 Å². The largest absolute Gasteiger partial charge is 0.500 e. The molecule has 1 aromatic rings. The number of rotatable bonds is 4. The van der Waals surface area contributed by atoms with Crippen molar-refractivity contribution in [2.45, 2.75) is 6.92 Å². The Morgan fingerprint density at radius 1 is 1.50 bits per heavy atom. The quantitative estimate of drug-likeness (QED) is 0.463. The lowest BCUT2D eigenvalue weighted by Crippen LogP contribution is -2.03. The minimum atomic E-state index is -0.951. The first kappa shape index (κ1) is 12.6. The van der Waals surface area contributed by atoms with Gasteiger partial charge in [0.2, 0.25) is 5.78 Å². The van der Waals surface area contributed by atoms with Gasteiger partial charge in [-0.1, -0.05) is 11.6 Å². The first-order valence-electron chi connectivity index (χ1n) is 4.53. The number of ketones is 1. The maximum Gasteiger partial charge on any atom is 0.210 e. The number of halogens is 3. The molecule has 0 saturated carbocycles. The zero-order chi connectivity index (χ0) is 12.1. The highest BCUT2D eigenvalue weighted by molar-refractivity contribution is 6.45. The lowest BCUT2D eigenvalue weighted by atomic mass is 10.1. The Morgan fingerprint density at radius 2 is 2.19 bits per heavy atom. The van der Waals surface area contributed by atoms with E-state index in [0.29, 0.717) is 12.7 Å². The molecule has 0 spiro atoms. The van der Waals surface area contributed by atoms with Crippen LogP contribution in [0, 0.1) is 11.6 Å². The van der Waals surface area contributed by atoms with Crippen molar-refractivity contribution in [3.8, 4) is 0 Å². The summed E-state index contributed by atoms with van der Waals surface area (Å²) in [7, 11) is 0. The molecule has 5 heteroatoms. The number of carbonyl (C=O) groups is 1. The molecule has 0 heterocycles. The molecule has 2 nitrogen and oxygen atoms in total. The maximum absolute atomic E-state index is 13.2. The highest BCUT2D eigenvalue weighted by Crippen LogP contribution is 2.16. The van der Waals surface area contributed by atoms with E-state index in [0.717, 1.165) is 18.4 Å². The van der Waals surface area contributed by atoms with E-state index in [1.165, 1.54) is 0 Å².